The molecule has 0 aromatic heterocycles. The van der Waals surface area contributed by atoms with Gasteiger partial charge in [0.1, 0.15) is 11.9 Å². The Bertz CT molecular complexity index is 1300. The molecule has 0 radical (unpaired) electrons. The quantitative estimate of drug-likeness (QED) is 0.372. The van der Waals surface area contributed by atoms with Crippen molar-refractivity contribution in [1.82, 2.24) is 10.2 Å². The Labute approximate surface area is 233 Å². The summed E-state index contributed by atoms with van der Waals surface area (Å²) in [5.74, 6) is -0.868. The molecule has 0 saturated carbocycles. The number of carbonyl (C=O) groups is 2. The number of nitrogens with zero attached hydrogens (tertiary/aromatic N) is 1. The van der Waals surface area contributed by atoms with Crippen LogP contribution in [0.2, 0.25) is 5.02 Å². The highest BCUT2D eigenvalue weighted by Gasteiger charge is 2.31. The molecule has 3 aromatic rings. The Morgan fingerprint density at radius 1 is 1.13 bits per heavy atom. The molecule has 3 aromatic carbocycles. The Morgan fingerprint density at radius 2 is 1.89 bits per heavy atom. The van der Waals surface area contributed by atoms with E-state index in [1.54, 1.807) is 44.6 Å². The van der Waals surface area contributed by atoms with Crippen LogP contribution in [0.15, 0.2) is 65.1 Å². The second-order valence-electron chi connectivity index (χ2n) is 8.68. The lowest BCUT2D eigenvalue weighted by Gasteiger charge is -2.33. The number of methoxy groups -OCH3 is 2. The Kier molecular flexibility index (Phi) is 9.25. The molecule has 0 aliphatic carbocycles. The van der Waals surface area contributed by atoms with Gasteiger partial charge in [0.15, 0.2) is 11.5 Å². The molecule has 1 aliphatic heterocycles. The van der Waals surface area contributed by atoms with Crippen molar-refractivity contribution in [3.05, 3.63) is 92.7 Å². The van der Waals surface area contributed by atoms with Gasteiger partial charge in [-0.15, -0.1) is 0 Å². The van der Waals surface area contributed by atoms with Gasteiger partial charge in [-0.3, -0.25) is 9.59 Å². The summed E-state index contributed by atoms with van der Waals surface area (Å²) in [6.07, 6.45) is -0.388. The third-order valence-corrected chi connectivity index (χ3v) is 7.46. The Morgan fingerprint density at radius 3 is 2.61 bits per heavy atom. The number of morpholine rings is 1. The summed E-state index contributed by atoms with van der Waals surface area (Å²) in [6, 6.07) is 16.4. The number of carbonyl (C=O) groups excluding carboxylic acids is 2. The molecule has 0 bridgehead atoms. The fraction of sp³-hybridized carbons (Fsp3) is 0.286. The van der Waals surface area contributed by atoms with Gasteiger partial charge in [0.2, 0.25) is 0 Å². The Balaban J connectivity index is 1.52. The first kappa shape index (κ1) is 27.9. The average Bonchev–Trinajstić information content (AvgIpc) is 2.94. The smallest absolute Gasteiger partial charge is 0.312 e. The van der Waals surface area contributed by atoms with Gasteiger partial charge in [-0.05, 0) is 41.5 Å². The van der Waals surface area contributed by atoms with Crippen LogP contribution < -0.4 is 14.8 Å². The predicted octanol–water partition coefficient (Wildman–Crippen LogP) is 5.26. The minimum atomic E-state index is -0.800. The molecule has 4 rings (SSSR count). The van der Waals surface area contributed by atoms with Crippen LogP contribution in [0.4, 0.5) is 4.39 Å². The van der Waals surface area contributed by atoms with E-state index in [4.69, 9.17) is 25.8 Å². The molecule has 2 amide bonds. The van der Waals surface area contributed by atoms with Gasteiger partial charge in [0.25, 0.3) is 0 Å². The van der Waals surface area contributed by atoms with E-state index in [1.807, 2.05) is 18.2 Å². The second kappa shape index (κ2) is 12.6. The van der Waals surface area contributed by atoms with Gasteiger partial charge < -0.3 is 24.4 Å². The maximum absolute atomic E-state index is 14.6. The molecular formula is C28H27BrClFN2O5. The number of nitrogens with one attached hydrogen (secondary N) is 1. The monoisotopic (exact) mass is 604 g/mol. The van der Waals surface area contributed by atoms with Crippen molar-refractivity contribution in [2.45, 2.75) is 18.6 Å². The van der Waals surface area contributed by atoms with Crippen molar-refractivity contribution in [2.24, 2.45) is 0 Å². The first-order chi connectivity index (χ1) is 18.3. The zero-order chi connectivity index (χ0) is 27.2. The van der Waals surface area contributed by atoms with Gasteiger partial charge >= 0.3 is 11.8 Å². The van der Waals surface area contributed by atoms with E-state index in [2.05, 4.69) is 21.2 Å². The van der Waals surface area contributed by atoms with E-state index in [0.717, 1.165) is 5.56 Å². The number of amides is 2. The molecule has 38 heavy (non-hydrogen) atoms. The fourth-order valence-corrected chi connectivity index (χ4v) is 5.18. The zero-order valence-electron chi connectivity index (χ0n) is 20.9. The van der Waals surface area contributed by atoms with Crippen LogP contribution in [-0.4, -0.2) is 50.6 Å². The molecule has 1 aliphatic rings. The van der Waals surface area contributed by atoms with Gasteiger partial charge in [-0.25, -0.2) is 4.39 Å². The minimum Gasteiger partial charge on any atom is -0.493 e. The number of hydrogen-bond acceptors (Lipinski definition) is 5. The van der Waals surface area contributed by atoms with Gasteiger partial charge in [-0.1, -0.05) is 57.9 Å². The van der Waals surface area contributed by atoms with Crippen molar-refractivity contribution in [3.8, 4) is 11.5 Å². The number of ether oxygens (including phenoxy) is 3. The van der Waals surface area contributed by atoms with Crippen molar-refractivity contribution in [1.29, 1.82) is 0 Å². The van der Waals surface area contributed by atoms with Crippen LogP contribution in [0.3, 0.4) is 0 Å². The van der Waals surface area contributed by atoms with E-state index in [1.165, 1.54) is 17.0 Å². The number of benzene rings is 3. The lowest BCUT2D eigenvalue weighted by Crippen LogP contribution is -2.49. The first-order valence-electron chi connectivity index (χ1n) is 11.9. The summed E-state index contributed by atoms with van der Waals surface area (Å²) < 4.78 is 31.9. The summed E-state index contributed by atoms with van der Waals surface area (Å²) in [4.78, 5) is 27.9. The number of hydrogen-bond donors (Lipinski definition) is 1. The fourth-order valence-electron chi connectivity index (χ4n) is 4.38. The van der Waals surface area contributed by atoms with E-state index in [0.29, 0.717) is 21.5 Å². The topological polar surface area (TPSA) is 77.1 Å². The van der Waals surface area contributed by atoms with Crippen LogP contribution in [0.1, 0.15) is 28.8 Å². The highest BCUT2D eigenvalue weighted by Crippen LogP contribution is 2.33. The van der Waals surface area contributed by atoms with Crippen LogP contribution >= 0.6 is 27.5 Å². The first-order valence-corrected chi connectivity index (χ1v) is 13.1. The third kappa shape index (κ3) is 6.28. The summed E-state index contributed by atoms with van der Waals surface area (Å²) in [6.45, 7) is 0.700. The highest BCUT2D eigenvalue weighted by atomic mass is 79.9. The molecule has 2 unspecified atom stereocenters. The molecule has 1 fully saturated rings. The molecule has 10 heteroatoms. The van der Waals surface area contributed by atoms with Crippen molar-refractivity contribution >= 4 is 39.3 Å². The van der Waals surface area contributed by atoms with Crippen molar-refractivity contribution in [2.75, 3.05) is 33.9 Å². The molecular weight excluding hydrogens is 579 g/mol. The maximum Gasteiger partial charge on any atom is 0.312 e. The molecule has 7 nitrogen and oxygen atoms in total. The highest BCUT2D eigenvalue weighted by molar-refractivity contribution is 9.10. The van der Waals surface area contributed by atoms with E-state index in [9.17, 15) is 14.0 Å². The zero-order valence-corrected chi connectivity index (χ0v) is 23.2. The van der Waals surface area contributed by atoms with Crippen LogP contribution in [-0.2, 0) is 20.7 Å². The van der Waals surface area contributed by atoms with Crippen LogP contribution in [0.5, 0.6) is 11.5 Å². The number of rotatable bonds is 7. The summed E-state index contributed by atoms with van der Waals surface area (Å²) in [7, 11) is 3.09. The maximum atomic E-state index is 14.6. The molecule has 1 saturated heterocycles. The van der Waals surface area contributed by atoms with Crippen LogP contribution in [0.25, 0.3) is 0 Å². The molecule has 2 atom stereocenters. The second-order valence-corrected chi connectivity index (χ2v) is 9.94. The van der Waals surface area contributed by atoms with E-state index >= 15 is 0 Å². The van der Waals surface area contributed by atoms with Gasteiger partial charge in [-0.2, -0.15) is 0 Å². The van der Waals surface area contributed by atoms with Gasteiger partial charge in [0, 0.05) is 28.0 Å². The summed E-state index contributed by atoms with van der Waals surface area (Å²) >= 11 is 9.76. The normalized spacial score (nSPS) is 16.0. The standard InChI is InChI=1S/C28H27BrClFN2O5/c1-36-24-11-10-17(14-25(24)37-2)26-16-33(12-13-38-26)28(35)27(34)32-23(18-6-3-4-7-20(18)29)15-19-21(30)8-5-9-22(19)31/h3-11,14,23,26H,12-13,15-16H2,1-2H3,(H,32,34). The summed E-state index contributed by atoms with van der Waals surface area (Å²) in [5.41, 5.74) is 1.74. The average molecular weight is 606 g/mol. The molecule has 1 heterocycles. The minimum absolute atomic E-state index is 0.0600. The molecule has 200 valence electrons. The summed E-state index contributed by atoms with van der Waals surface area (Å²) in [5, 5.41) is 3.04. The lowest BCUT2D eigenvalue weighted by molar-refractivity contribution is -0.151. The lowest BCUT2D eigenvalue weighted by atomic mass is 9.98. The molecule has 1 N–H and O–H groups in total. The van der Waals surface area contributed by atoms with E-state index in [-0.39, 0.29) is 36.7 Å². The van der Waals surface area contributed by atoms with E-state index < -0.39 is 29.8 Å². The van der Waals surface area contributed by atoms with Crippen molar-refractivity contribution < 1.29 is 28.2 Å². The molecule has 0 spiro atoms. The largest absolute Gasteiger partial charge is 0.493 e. The predicted molar refractivity (Wildman–Crippen MR) is 145 cm³/mol. The number of halogens is 3. The SMILES string of the molecule is COc1ccc(C2CN(C(=O)C(=O)NC(Cc3c(F)cccc3Cl)c3ccccc3Br)CCO2)cc1OC. The van der Waals surface area contributed by atoms with Gasteiger partial charge in [0.05, 0.1) is 33.4 Å². The third-order valence-electron chi connectivity index (χ3n) is 6.38. The van der Waals surface area contributed by atoms with Crippen molar-refractivity contribution in [3.63, 3.8) is 0 Å². The Hall–Kier alpha value is -3.14. The van der Waals surface area contributed by atoms with Crippen LogP contribution in [0, 0.1) is 5.82 Å².